The lowest BCUT2D eigenvalue weighted by molar-refractivity contribution is -0.131. The molecule has 15 heteroatoms. The number of pyridine rings is 1. The Balaban J connectivity index is 0.000000502. The highest BCUT2D eigenvalue weighted by molar-refractivity contribution is 7.54. The normalized spacial score (nSPS) is 14.7. The minimum absolute atomic E-state index is 0.0666. The number of ether oxygens (including phenoxy) is 4. The zero-order chi connectivity index (χ0) is 38.8. The van der Waals surface area contributed by atoms with E-state index in [0.29, 0.717) is 58.6 Å². The predicted octanol–water partition coefficient (Wildman–Crippen LogP) is 6.38. The van der Waals surface area contributed by atoms with E-state index in [1.54, 1.807) is 55.8 Å². The van der Waals surface area contributed by atoms with Gasteiger partial charge in [-0.1, -0.05) is 18.2 Å². The molecule has 1 aromatic heterocycles. The Morgan fingerprint density at radius 3 is 2.18 bits per heavy atom. The smallest absolute Gasteiger partial charge is 0.240 e. The SMILES string of the molecule is COc1cc2c(Oc3ccc(NC(=O)C4(C(=O)Nc5ccc(F)cc5)CC4)cc3F)ccnc2cc1OCCCN1CCOCC1.OP(O)c1ccccc1. The van der Waals surface area contributed by atoms with E-state index < -0.39 is 37.2 Å². The van der Waals surface area contributed by atoms with Gasteiger partial charge in [-0.25, -0.2) is 8.78 Å². The zero-order valence-corrected chi connectivity index (χ0v) is 30.9. The number of benzene rings is 4. The second kappa shape index (κ2) is 18.4. The van der Waals surface area contributed by atoms with Crippen LogP contribution in [0.15, 0.2) is 97.2 Å². The van der Waals surface area contributed by atoms with Crippen LogP contribution in [-0.4, -0.2) is 78.0 Å². The predicted molar refractivity (Wildman–Crippen MR) is 205 cm³/mol. The lowest BCUT2D eigenvalue weighted by atomic mass is 10.0. The van der Waals surface area contributed by atoms with E-state index in [1.165, 1.54) is 36.4 Å². The van der Waals surface area contributed by atoms with Gasteiger partial charge in [0.15, 0.2) is 31.4 Å². The van der Waals surface area contributed by atoms with E-state index in [4.69, 9.17) is 28.7 Å². The molecule has 2 heterocycles. The van der Waals surface area contributed by atoms with Crippen molar-refractivity contribution in [1.82, 2.24) is 9.88 Å². The third kappa shape index (κ3) is 10.3. The number of nitrogens with one attached hydrogen (secondary N) is 2. The van der Waals surface area contributed by atoms with Crippen LogP contribution in [0.3, 0.4) is 0 Å². The molecule has 2 fully saturated rings. The molecule has 0 unspecified atom stereocenters. The number of hydrogen-bond donors (Lipinski definition) is 4. The maximum atomic E-state index is 15.2. The largest absolute Gasteiger partial charge is 0.493 e. The quantitative estimate of drug-likeness (QED) is 0.0603. The molecule has 0 atom stereocenters. The van der Waals surface area contributed by atoms with Crippen molar-refractivity contribution in [2.45, 2.75) is 19.3 Å². The molecule has 7 rings (SSSR count). The van der Waals surface area contributed by atoms with E-state index in [0.717, 1.165) is 45.3 Å². The third-order valence-corrected chi connectivity index (χ3v) is 9.85. The van der Waals surface area contributed by atoms with E-state index in [9.17, 15) is 14.0 Å². The van der Waals surface area contributed by atoms with E-state index in [1.807, 2.05) is 6.07 Å². The summed E-state index contributed by atoms with van der Waals surface area (Å²) in [5.41, 5.74) is -0.144. The summed E-state index contributed by atoms with van der Waals surface area (Å²) in [4.78, 5) is 50.0. The highest BCUT2D eigenvalue weighted by Gasteiger charge is 2.56. The Morgan fingerprint density at radius 1 is 0.855 bits per heavy atom. The average molecular weight is 775 g/mol. The molecule has 288 valence electrons. The van der Waals surface area contributed by atoms with Crippen LogP contribution in [0.5, 0.6) is 23.0 Å². The van der Waals surface area contributed by atoms with Crippen LogP contribution in [0.2, 0.25) is 0 Å². The van der Waals surface area contributed by atoms with E-state index >= 15 is 4.39 Å². The van der Waals surface area contributed by atoms with Crippen molar-refractivity contribution < 1.29 is 47.1 Å². The molecule has 0 spiro atoms. The highest BCUT2D eigenvalue weighted by atomic mass is 31.2. The van der Waals surface area contributed by atoms with Crippen molar-refractivity contribution in [3.8, 4) is 23.0 Å². The number of carbonyl (C=O) groups excluding carboxylic acids is 2. The number of amides is 2. The Kier molecular flexibility index (Phi) is 13.2. The van der Waals surface area contributed by atoms with Crippen LogP contribution < -0.4 is 30.1 Å². The van der Waals surface area contributed by atoms with Crippen molar-refractivity contribution in [1.29, 1.82) is 0 Å². The molecule has 1 aliphatic carbocycles. The maximum Gasteiger partial charge on any atom is 0.240 e. The first-order valence-electron chi connectivity index (χ1n) is 17.6. The molecular weight excluding hydrogens is 733 g/mol. The maximum absolute atomic E-state index is 15.2. The minimum atomic E-state index is -1.90. The van der Waals surface area contributed by atoms with Crippen molar-refractivity contribution in [2.75, 3.05) is 57.2 Å². The number of carbonyl (C=O) groups is 2. The van der Waals surface area contributed by atoms with Gasteiger partial charge in [0.1, 0.15) is 17.0 Å². The fraction of sp³-hybridized carbons (Fsp3) is 0.275. The third-order valence-electron chi connectivity index (χ3n) is 9.09. The van der Waals surface area contributed by atoms with Gasteiger partial charge in [-0.2, -0.15) is 0 Å². The molecule has 0 bridgehead atoms. The van der Waals surface area contributed by atoms with Gasteiger partial charge in [-0.3, -0.25) is 19.5 Å². The van der Waals surface area contributed by atoms with Crippen LogP contribution >= 0.6 is 8.38 Å². The van der Waals surface area contributed by atoms with Gasteiger partial charge < -0.3 is 39.4 Å². The van der Waals surface area contributed by atoms with Gasteiger partial charge in [0.05, 0.1) is 32.4 Å². The molecular formula is C40H41F2N4O8P. The first-order valence-corrected chi connectivity index (χ1v) is 18.9. The van der Waals surface area contributed by atoms with Crippen molar-refractivity contribution in [2.24, 2.45) is 5.41 Å². The molecule has 1 saturated carbocycles. The number of anilines is 2. The minimum Gasteiger partial charge on any atom is -0.493 e. The summed E-state index contributed by atoms with van der Waals surface area (Å²) in [6.07, 6.45) is 3.09. The molecule has 4 aromatic carbocycles. The lowest BCUT2D eigenvalue weighted by Crippen LogP contribution is -2.37. The molecule has 1 aliphatic heterocycles. The molecule has 2 amide bonds. The van der Waals surface area contributed by atoms with Gasteiger partial charge >= 0.3 is 0 Å². The number of nitrogens with zero attached hydrogens (tertiary/aromatic N) is 2. The standard InChI is InChI=1S/C34H34F2N4O6.C6H7O2P/c1-43-30-20-25-27(21-31(30)45-16-2-13-40-14-17-44-18-15-40)37-12-9-28(25)46-29-8-7-24(19-26(29)36)39-33(42)34(10-11-34)32(41)38-23-5-3-22(35)4-6-23;7-9(8)6-4-2-1-3-5-6/h3-9,12,19-21H,2,10-11,13-18H2,1H3,(H,38,41)(H,39,42);1-5,7-8H. The Bertz CT molecular complexity index is 2080. The van der Waals surface area contributed by atoms with E-state index in [-0.39, 0.29) is 11.4 Å². The lowest BCUT2D eigenvalue weighted by Gasteiger charge is -2.26. The van der Waals surface area contributed by atoms with Crippen LogP contribution in [0, 0.1) is 17.0 Å². The van der Waals surface area contributed by atoms with Crippen molar-refractivity contribution >= 4 is 47.8 Å². The van der Waals surface area contributed by atoms with Crippen molar-refractivity contribution in [3.05, 3.63) is 109 Å². The number of rotatable bonds is 13. The summed E-state index contributed by atoms with van der Waals surface area (Å²) in [6, 6.07) is 23.2. The first-order chi connectivity index (χ1) is 26.6. The Morgan fingerprint density at radius 2 is 1.55 bits per heavy atom. The van der Waals surface area contributed by atoms with Gasteiger partial charge in [-0.05, 0) is 79.9 Å². The Hall–Kier alpha value is -5.24. The summed E-state index contributed by atoms with van der Waals surface area (Å²) >= 11 is 0. The summed E-state index contributed by atoms with van der Waals surface area (Å²) in [7, 11) is -0.350. The van der Waals surface area contributed by atoms with Crippen molar-refractivity contribution in [3.63, 3.8) is 0 Å². The monoisotopic (exact) mass is 774 g/mol. The summed E-state index contributed by atoms with van der Waals surface area (Å²) in [5, 5.41) is 6.48. The first kappa shape index (κ1) is 39.5. The topological polar surface area (TPSA) is 152 Å². The van der Waals surface area contributed by atoms with Gasteiger partial charge in [0, 0.05) is 60.0 Å². The highest BCUT2D eigenvalue weighted by Crippen LogP contribution is 2.48. The summed E-state index contributed by atoms with van der Waals surface area (Å²) in [5.74, 6) is -0.871. The molecule has 55 heavy (non-hydrogen) atoms. The van der Waals surface area contributed by atoms with Crippen LogP contribution in [0.25, 0.3) is 10.9 Å². The number of methoxy groups -OCH3 is 1. The second-order valence-corrected chi connectivity index (χ2v) is 14.0. The zero-order valence-electron chi connectivity index (χ0n) is 30.0. The van der Waals surface area contributed by atoms with Crippen LogP contribution in [0.1, 0.15) is 19.3 Å². The number of fused-ring (bicyclic) bond motifs is 1. The average Bonchev–Trinajstić information content (AvgIpc) is 4.02. The number of morpholine rings is 1. The van der Waals surface area contributed by atoms with Gasteiger partial charge in [0.2, 0.25) is 11.8 Å². The van der Waals surface area contributed by atoms with Crippen LogP contribution in [-0.2, 0) is 14.3 Å². The van der Waals surface area contributed by atoms with Gasteiger partial charge in [-0.15, -0.1) is 0 Å². The molecule has 5 aromatic rings. The molecule has 0 radical (unpaired) electrons. The fourth-order valence-electron chi connectivity index (χ4n) is 5.84. The molecule has 4 N–H and O–H groups in total. The number of aromatic nitrogens is 1. The summed E-state index contributed by atoms with van der Waals surface area (Å²) in [6.45, 7) is 4.76. The molecule has 12 nitrogen and oxygen atoms in total. The van der Waals surface area contributed by atoms with E-state index in [2.05, 4.69) is 20.5 Å². The Labute approximate surface area is 317 Å². The number of halogens is 2. The molecule has 1 saturated heterocycles. The second-order valence-electron chi connectivity index (χ2n) is 12.9. The number of hydrogen-bond acceptors (Lipinski definition) is 10. The van der Waals surface area contributed by atoms with Gasteiger partial charge in [0.25, 0.3) is 0 Å². The van der Waals surface area contributed by atoms with Crippen LogP contribution in [0.4, 0.5) is 20.2 Å². The summed E-state index contributed by atoms with van der Waals surface area (Å²) < 4.78 is 51.4. The fourth-order valence-corrected chi connectivity index (χ4v) is 6.28. The molecule has 2 aliphatic rings.